The summed E-state index contributed by atoms with van der Waals surface area (Å²) in [7, 11) is -9.95. The summed E-state index contributed by atoms with van der Waals surface area (Å²) in [5, 5.41) is 10.6. The molecular formula is C79H138O17P2. The van der Waals surface area contributed by atoms with Gasteiger partial charge >= 0.3 is 39.5 Å². The number of allylic oxidation sites excluding steroid dienone is 16. The Morgan fingerprint density at radius 3 is 0.857 bits per heavy atom. The van der Waals surface area contributed by atoms with Gasteiger partial charge in [-0.1, -0.05) is 279 Å². The summed E-state index contributed by atoms with van der Waals surface area (Å²) in [6.07, 6.45) is 74.0. The first-order valence-corrected chi connectivity index (χ1v) is 41.5. The van der Waals surface area contributed by atoms with Gasteiger partial charge in [0.05, 0.1) is 26.4 Å². The van der Waals surface area contributed by atoms with Crippen LogP contribution in [0, 0.1) is 0 Å². The zero-order valence-corrected chi connectivity index (χ0v) is 63.5. The van der Waals surface area contributed by atoms with Gasteiger partial charge in [-0.05, 0) is 116 Å². The molecule has 0 bridgehead atoms. The maximum absolute atomic E-state index is 13.1. The summed E-state index contributed by atoms with van der Waals surface area (Å²) in [6.45, 7) is 4.58. The molecular weight excluding hydrogens is 1280 g/mol. The smallest absolute Gasteiger partial charge is 0.462 e. The predicted octanol–water partition coefficient (Wildman–Crippen LogP) is 22.0. The Labute approximate surface area is 595 Å². The fourth-order valence-electron chi connectivity index (χ4n) is 10.2. The van der Waals surface area contributed by atoms with Crippen LogP contribution in [0.25, 0.3) is 0 Å². The number of carbonyl (C=O) groups is 4. The minimum atomic E-state index is -4.98. The van der Waals surface area contributed by atoms with Crippen LogP contribution in [-0.2, 0) is 65.4 Å². The molecule has 566 valence electrons. The maximum Gasteiger partial charge on any atom is 0.472 e. The summed E-state index contributed by atoms with van der Waals surface area (Å²) >= 11 is 0. The monoisotopic (exact) mass is 1420 g/mol. The molecule has 0 spiro atoms. The van der Waals surface area contributed by atoms with E-state index in [-0.39, 0.29) is 25.7 Å². The van der Waals surface area contributed by atoms with Crippen molar-refractivity contribution in [2.24, 2.45) is 0 Å². The van der Waals surface area contributed by atoms with E-state index in [0.29, 0.717) is 25.7 Å². The fourth-order valence-corrected chi connectivity index (χ4v) is 11.8. The minimum Gasteiger partial charge on any atom is -0.462 e. The molecule has 0 aromatic rings. The molecule has 0 rings (SSSR count). The molecule has 0 heterocycles. The predicted molar refractivity (Wildman–Crippen MR) is 399 cm³/mol. The Balaban J connectivity index is 5.34. The maximum atomic E-state index is 13.1. The molecule has 5 atom stereocenters. The number of unbranched alkanes of at least 4 members (excludes halogenated alkanes) is 30. The molecule has 5 unspecified atom stereocenters. The number of aliphatic hydroxyl groups is 1. The highest BCUT2D eigenvalue weighted by molar-refractivity contribution is 7.47. The van der Waals surface area contributed by atoms with E-state index in [4.69, 9.17) is 37.0 Å². The highest BCUT2D eigenvalue weighted by atomic mass is 31.2. The lowest BCUT2D eigenvalue weighted by molar-refractivity contribution is -0.161. The van der Waals surface area contributed by atoms with Crippen molar-refractivity contribution in [3.8, 4) is 0 Å². The van der Waals surface area contributed by atoms with Gasteiger partial charge in [0.1, 0.15) is 19.3 Å². The van der Waals surface area contributed by atoms with E-state index in [0.717, 1.165) is 167 Å². The van der Waals surface area contributed by atoms with Crippen molar-refractivity contribution in [2.45, 2.75) is 341 Å². The Morgan fingerprint density at radius 1 is 0.296 bits per heavy atom. The minimum absolute atomic E-state index is 0.0806. The van der Waals surface area contributed by atoms with Crippen LogP contribution in [0.1, 0.15) is 323 Å². The first-order chi connectivity index (χ1) is 47.7. The second-order valence-electron chi connectivity index (χ2n) is 25.5. The Hall–Kier alpha value is -4.02. The van der Waals surface area contributed by atoms with Crippen LogP contribution in [0.5, 0.6) is 0 Å². The summed E-state index contributed by atoms with van der Waals surface area (Å²) in [4.78, 5) is 72.8. The van der Waals surface area contributed by atoms with Crippen molar-refractivity contribution in [2.75, 3.05) is 39.6 Å². The van der Waals surface area contributed by atoms with Crippen molar-refractivity contribution in [1.29, 1.82) is 0 Å². The van der Waals surface area contributed by atoms with Gasteiger partial charge in [-0.15, -0.1) is 0 Å². The second kappa shape index (κ2) is 71.4. The Morgan fingerprint density at radius 2 is 0.541 bits per heavy atom. The first kappa shape index (κ1) is 94.0. The van der Waals surface area contributed by atoms with Gasteiger partial charge in [0.15, 0.2) is 12.2 Å². The lowest BCUT2D eigenvalue weighted by Gasteiger charge is -2.21. The number of esters is 4. The van der Waals surface area contributed by atoms with E-state index >= 15 is 0 Å². The van der Waals surface area contributed by atoms with Crippen molar-refractivity contribution in [1.82, 2.24) is 0 Å². The third-order valence-electron chi connectivity index (χ3n) is 16.0. The third-order valence-corrected chi connectivity index (χ3v) is 17.9. The van der Waals surface area contributed by atoms with Gasteiger partial charge in [0.25, 0.3) is 0 Å². The zero-order chi connectivity index (χ0) is 71.8. The fraction of sp³-hybridized carbons (Fsp3) is 0.747. The van der Waals surface area contributed by atoms with Crippen molar-refractivity contribution >= 4 is 39.5 Å². The van der Waals surface area contributed by atoms with E-state index in [9.17, 15) is 43.2 Å². The lowest BCUT2D eigenvalue weighted by atomic mass is 10.0. The number of ether oxygens (including phenoxy) is 4. The molecule has 3 N–H and O–H groups in total. The number of carbonyl (C=O) groups excluding carboxylic acids is 4. The summed E-state index contributed by atoms with van der Waals surface area (Å²) in [5.41, 5.74) is 0. The summed E-state index contributed by atoms with van der Waals surface area (Å²) < 4.78 is 68.4. The average Bonchev–Trinajstić information content (AvgIpc) is 0.986. The van der Waals surface area contributed by atoms with Crippen LogP contribution in [0.15, 0.2) is 97.2 Å². The van der Waals surface area contributed by atoms with Gasteiger partial charge < -0.3 is 33.8 Å². The van der Waals surface area contributed by atoms with E-state index in [1.165, 1.54) is 77.0 Å². The SMILES string of the molecule is CC/C=C\C/C=C\C/C=C\C/C=C\CCCCCCC(=O)OCC(COP(=O)(O)OCC(O)COP(=O)(O)OCC(COC(=O)CCCCCCC/C=C\C/C=C\C/C=C\CC)OC(=O)CCCCCCC/C=C\CCCC)OC(=O)CCCCCCCCCCCCCCCCC. The molecule has 0 aliphatic rings. The largest absolute Gasteiger partial charge is 0.472 e. The Kier molecular flexibility index (Phi) is 68.4. The van der Waals surface area contributed by atoms with Gasteiger partial charge in [-0.3, -0.25) is 37.3 Å². The average molecular weight is 1420 g/mol. The number of phosphoric acid groups is 2. The number of rotatable bonds is 72. The molecule has 0 fully saturated rings. The van der Waals surface area contributed by atoms with Crippen LogP contribution in [-0.4, -0.2) is 96.7 Å². The molecule has 98 heavy (non-hydrogen) atoms. The highest BCUT2D eigenvalue weighted by Crippen LogP contribution is 2.45. The number of aliphatic hydroxyl groups excluding tert-OH is 1. The molecule has 0 saturated heterocycles. The van der Waals surface area contributed by atoms with Crippen LogP contribution in [0.2, 0.25) is 0 Å². The molecule has 0 aliphatic heterocycles. The van der Waals surface area contributed by atoms with E-state index < -0.39 is 97.5 Å². The normalized spacial score (nSPS) is 14.5. The van der Waals surface area contributed by atoms with Gasteiger partial charge in [-0.25, -0.2) is 9.13 Å². The van der Waals surface area contributed by atoms with Gasteiger partial charge in [0.2, 0.25) is 0 Å². The van der Waals surface area contributed by atoms with Crippen molar-refractivity contribution < 1.29 is 80.2 Å². The third kappa shape index (κ3) is 70.4. The summed E-state index contributed by atoms with van der Waals surface area (Å²) in [6, 6.07) is 0. The highest BCUT2D eigenvalue weighted by Gasteiger charge is 2.30. The van der Waals surface area contributed by atoms with E-state index in [1.54, 1.807) is 0 Å². The van der Waals surface area contributed by atoms with Gasteiger partial charge in [0, 0.05) is 25.7 Å². The van der Waals surface area contributed by atoms with Crippen molar-refractivity contribution in [3.63, 3.8) is 0 Å². The molecule has 0 aliphatic carbocycles. The summed E-state index contributed by atoms with van der Waals surface area (Å²) in [5.74, 6) is -2.21. The van der Waals surface area contributed by atoms with E-state index in [1.807, 2.05) is 0 Å². The molecule has 19 heteroatoms. The zero-order valence-electron chi connectivity index (χ0n) is 61.7. The van der Waals surface area contributed by atoms with Crippen LogP contribution in [0.3, 0.4) is 0 Å². The van der Waals surface area contributed by atoms with Crippen LogP contribution in [0.4, 0.5) is 0 Å². The van der Waals surface area contributed by atoms with Crippen molar-refractivity contribution in [3.05, 3.63) is 97.2 Å². The quantitative estimate of drug-likeness (QED) is 0.0169. The molecule has 0 radical (unpaired) electrons. The molecule has 0 aromatic heterocycles. The van der Waals surface area contributed by atoms with Gasteiger partial charge in [-0.2, -0.15) is 0 Å². The second-order valence-corrected chi connectivity index (χ2v) is 28.4. The molecule has 17 nitrogen and oxygen atoms in total. The number of hydrogen-bond donors (Lipinski definition) is 3. The van der Waals surface area contributed by atoms with Crippen LogP contribution < -0.4 is 0 Å². The standard InChI is InChI=1S/C79H138O17P2/c1-5-9-13-17-21-25-29-32-35-36-39-41-45-48-52-56-60-64-77(82)90-70-75(96-79(84)66-62-58-54-50-46-42-38-34-31-27-23-19-15-11-7-3)72-94-98(87,88)92-68-73(80)67-91-97(85,86)93-71-74(95-78(83)65-61-57-53-49-43-28-24-20-16-12-8-4)69-89-76(81)63-59-55-51-47-44-40-37-33-30-26-22-18-14-10-6-2/h9-10,13-14,20-22,24-26,32-33,35,37,39,41,73-75,80H,5-8,11-12,15-19,23,27-31,34,36,38,40,42-72H2,1-4H3,(H,85,86)(H,87,88)/b13-9-,14-10-,24-20-,25-21-,26-22-,35-32-,37-33-,41-39-. The Bertz CT molecular complexity index is 2240. The topological polar surface area (TPSA) is 237 Å². The molecule has 0 amide bonds. The molecule has 0 saturated carbocycles. The number of phosphoric ester groups is 2. The number of hydrogen-bond acceptors (Lipinski definition) is 15. The van der Waals surface area contributed by atoms with Crippen LogP contribution >= 0.6 is 15.6 Å². The lowest BCUT2D eigenvalue weighted by Crippen LogP contribution is -2.30. The molecule has 0 aromatic carbocycles. The van der Waals surface area contributed by atoms with E-state index in [2.05, 4.69) is 125 Å². The first-order valence-electron chi connectivity index (χ1n) is 38.5.